The van der Waals surface area contributed by atoms with E-state index in [-0.39, 0.29) is 5.12 Å². The Labute approximate surface area is 64.5 Å². The van der Waals surface area contributed by atoms with Crippen LogP contribution in [0.4, 0.5) is 0 Å². The minimum atomic E-state index is -0.990. The molecule has 0 aromatic carbocycles. The maximum Gasteiger partial charge on any atom is 0.187 e. The van der Waals surface area contributed by atoms with E-state index in [1.54, 1.807) is 6.92 Å². The van der Waals surface area contributed by atoms with Crippen molar-refractivity contribution < 1.29 is 4.79 Å². The highest BCUT2D eigenvalue weighted by Gasteiger charge is 2.23. The van der Waals surface area contributed by atoms with Gasteiger partial charge in [0.2, 0.25) is 0 Å². The summed E-state index contributed by atoms with van der Waals surface area (Å²) in [5, 5.41) is -0.611. The fraction of sp³-hybridized carbons (Fsp3) is 0.800. The van der Waals surface area contributed by atoms with Crippen molar-refractivity contribution in [3.8, 4) is 0 Å². The van der Waals surface area contributed by atoms with Gasteiger partial charge in [0.1, 0.15) is 0 Å². The van der Waals surface area contributed by atoms with E-state index >= 15 is 0 Å². The first-order valence-electron chi connectivity index (χ1n) is 2.84. The molecule has 0 heterocycles. The van der Waals surface area contributed by atoms with Gasteiger partial charge in [0.15, 0.2) is 5.12 Å². The maximum atomic E-state index is 10.5. The Kier molecular flexibility index (Phi) is 3.30. The number of rotatable bonds is 2. The van der Waals surface area contributed by atoms with Crippen LogP contribution in [0.25, 0.3) is 0 Å². The second-order valence-electron chi connectivity index (χ2n) is 2.40. The predicted molar refractivity (Wildman–Crippen MR) is 43.0 cm³/mol. The maximum absolute atomic E-state index is 10.5. The highest BCUT2D eigenvalue weighted by Crippen LogP contribution is 2.12. The lowest BCUT2D eigenvalue weighted by Crippen LogP contribution is -2.58. The third kappa shape index (κ3) is 3.84. The second kappa shape index (κ2) is 3.34. The smallest absolute Gasteiger partial charge is 0.187 e. The minimum Gasteiger partial charge on any atom is -0.316 e. The van der Waals surface area contributed by atoms with Crippen LogP contribution in [0.1, 0.15) is 13.8 Å². The van der Waals surface area contributed by atoms with E-state index in [9.17, 15) is 4.79 Å². The Morgan fingerprint density at radius 3 is 2.10 bits per heavy atom. The molecular formula is C5H13N3OS. The van der Waals surface area contributed by atoms with Crippen LogP contribution in [-0.4, -0.2) is 16.2 Å². The minimum absolute atomic E-state index is 0.0744. The molecule has 4 nitrogen and oxygen atoms in total. The Bertz CT molecular complexity index is 131. The van der Waals surface area contributed by atoms with E-state index in [2.05, 4.69) is 0 Å². The van der Waals surface area contributed by atoms with E-state index in [0.717, 1.165) is 11.8 Å². The standard InChI is InChI=1S/C5H13N3OS/c1-3(9)10-4(6)5(2,7)8/h4H,6-8H2,1-2H3. The average molecular weight is 163 g/mol. The van der Waals surface area contributed by atoms with Crippen molar-refractivity contribution in [2.45, 2.75) is 24.9 Å². The van der Waals surface area contributed by atoms with Crippen LogP contribution in [0.2, 0.25) is 0 Å². The lowest BCUT2D eigenvalue weighted by atomic mass is 10.2. The predicted octanol–water partition coefficient (Wildman–Crippen LogP) is -0.815. The molecule has 0 bridgehead atoms. The molecule has 6 N–H and O–H groups in total. The number of nitrogens with two attached hydrogens (primary N) is 3. The van der Waals surface area contributed by atoms with Crippen molar-refractivity contribution in [1.82, 2.24) is 0 Å². The van der Waals surface area contributed by atoms with E-state index in [0.29, 0.717) is 0 Å². The summed E-state index contributed by atoms with van der Waals surface area (Å²) in [5.74, 6) is 0. The second-order valence-corrected chi connectivity index (χ2v) is 3.71. The highest BCUT2D eigenvalue weighted by molar-refractivity contribution is 8.14. The van der Waals surface area contributed by atoms with E-state index < -0.39 is 11.0 Å². The Hall–Kier alpha value is -0.100. The van der Waals surface area contributed by atoms with Crippen LogP contribution in [-0.2, 0) is 4.79 Å². The summed E-state index contributed by atoms with van der Waals surface area (Å²) >= 11 is 0.950. The molecule has 0 amide bonds. The molecule has 0 aliphatic rings. The van der Waals surface area contributed by atoms with Crippen LogP contribution >= 0.6 is 11.8 Å². The first-order chi connectivity index (χ1) is 4.34. The molecule has 60 valence electrons. The fourth-order valence-electron chi connectivity index (χ4n) is 0.306. The Balaban J connectivity index is 3.85. The van der Waals surface area contributed by atoms with Crippen LogP contribution < -0.4 is 17.2 Å². The quantitative estimate of drug-likeness (QED) is 0.462. The van der Waals surface area contributed by atoms with Crippen LogP contribution in [0.15, 0.2) is 0 Å². The lowest BCUT2D eigenvalue weighted by Gasteiger charge is -2.24. The van der Waals surface area contributed by atoms with Gasteiger partial charge >= 0.3 is 0 Å². The van der Waals surface area contributed by atoms with Gasteiger partial charge < -0.3 is 17.2 Å². The zero-order valence-corrected chi connectivity index (χ0v) is 6.94. The van der Waals surface area contributed by atoms with E-state index in [1.165, 1.54) is 6.92 Å². The zero-order valence-electron chi connectivity index (χ0n) is 6.13. The van der Waals surface area contributed by atoms with Gasteiger partial charge in [0, 0.05) is 6.92 Å². The highest BCUT2D eigenvalue weighted by atomic mass is 32.2. The molecule has 1 unspecified atom stereocenters. The van der Waals surface area contributed by atoms with Gasteiger partial charge in [-0.25, -0.2) is 0 Å². The first kappa shape index (κ1) is 9.90. The monoisotopic (exact) mass is 163 g/mol. The fourth-order valence-corrected chi connectivity index (χ4v) is 0.917. The molecule has 0 aromatic heterocycles. The van der Waals surface area contributed by atoms with Crippen molar-refractivity contribution in [3.63, 3.8) is 0 Å². The van der Waals surface area contributed by atoms with E-state index in [1.807, 2.05) is 0 Å². The van der Waals surface area contributed by atoms with Gasteiger partial charge in [-0.2, -0.15) is 0 Å². The number of thioether (sulfide) groups is 1. The third-order valence-corrected chi connectivity index (χ3v) is 2.00. The Morgan fingerprint density at radius 1 is 1.60 bits per heavy atom. The number of hydrogen-bond acceptors (Lipinski definition) is 5. The molecule has 10 heavy (non-hydrogen) atoms. The number of carbonyl (C=O) groups excluding carboxylic acids is 1. The molecule has 0 radical (unpaired) electrons. The van der Waals surface area contributed by atoms with Crippen molar-refractivity contribution in [3.05, 3.63) is 0 Å². The van der Waals surface area contributed by atoms with Gasteiger partial charge in [-0.05, 0) is 6.92 Å². The van der Waals surface area contributed by atoms with Crippen LogP contribution in [0.5, 0.6) is 0 Å². The van der Waals surface area contributed by atoms with Gasteiger partial charge in [-0.1, -0.05) is 11.8 Å². The summed E-state index contributed by atoms with van der Waals surface area (Å²) in [5.41, 5.74) is 15.3. The largest absolute Gasteiger partial charge is 0.316 e. The summed E-state index contributed by atoms with van der Waals surface area (Å²) in [6, 6.07) is 0. The van der Waals surface area contributed by atoms with Crippen molar-refractivity contribution in [2.75, 3.05) is 0 Å². The van der Waals surface area contributed by atoms with Crippen molar-refractivity contribution in [1.29, 1.82) is 0 Å². The van der Waals surface area contributed by atoms with Crippen LogP contribution in [0, 0.1) is 0 Å². The molecular weight excluding hydrogens is 150 g/mol. The van der Waals surface area contributed by atoms with E-state index in [4.69, 9.17) is 17.2 Å². The van der Waals surface area contributed by atoms with Crippen LogP contribution in [0.3, 0.4) is 0 Å². The molecule has 0 fully saturated rings. The zero-order chi connectivity index (χ0) is 8.36. The normalized spacial score (nSPS) is 14.9. The number of carbonyl (C=O) groups is 1. The Morgan fingerprint density at radius 2 is 2.00 bits per heavy atom. The summed E-state index contributed by atoms with van der Waals surface area (Å²) in [6.07, 6.45) is 0. The average Bonchev–Trinajstić information content (AvgIpc) is 1.60. The molecule has 0 aromatic rings. The topological polar surface area (TPSA) is 95.1 Å². The van der Waals surface area contributed by atoms with Gasteiger partial charge in [-0.15, -0.1) is 0 Å². The summed E-state index contributed by atoms with van der Waals surface area (Å²) in [7, 11) is 0. The number of hydrogen-bond donors (Lipinski definition) is 3. The third-order valence-electron chi connectivity index (χ3n) is 0.906. The summed E-state index contributed by atoms with van der Waals surface area (Å²) in [4.78, 5) is 10.5. The molecule has 0 aliphatic heterocycles. The molecule has 1 atom stereocenters. The molecule has 0 aliphatic carbocycles. The van der Waals surface area contributed by atoms with Gasteiger partial charge in [-0.3, -0.25) is 4.79 Å². The molecule has 0 saturated heterocycles. The first-order valence-corrected chi connectivity index (χ1v) is 3.72. The SMILES string of the molecule is CC(=O)SC(N)C(C)(N)N. The van der Waals surface area contributed by atoms with Gasteiger partial charge in [0.05, 0.1) is 11.0 Å². The van der Waals surface area contributed by atoms with Crippen molar-refractivity contribution >= 4 is 16.9 Å². The van der Waals surface area contributed by atoms with Gasteiger partial charge in [0.25, 0.3) is 0 Å². The molecule has 0 saturated carbocycles. The summed E-state index contributed by atoms with van der Waals surface area (Å²) < 4.78 is 0. The molecule has 0 rings (SSSR count). The molecule has 5 heteroatoms. The summed E-state index contributed by atoms with van der Waals surface area (Å²) in [6.45, 7) is 3.00. The molecule has 0 spiro atoms. The lowest BCUT2D eigenvalue weighted by molar-refractivity contribution is -0.109. The van der Waals surface area contributed by atoms with Crippen molar-refractivity contribution in [2.24, 2.45) is 17.2 Å².